The summed E-state index contributed by atoms with van der Waals surface area (Å²) in [6.07, 6.45) is 0. The van der Waals surface area contributed by atoms with E-state index in [1.54, 1.807) is 18.2 Å². The van der Waals surface area contributed by atoms with Crippen molar-refractivity contribution in [2.45, 2.75) is 26.3 Å². The van der Waals surface area contributed by atoms with Crippen molar-refractivity contribution in [2.24, 2.45) is 5.92 Å². The Morgan fingerprint density at radius 2 is 2.05 bits per heavy atom. The third-order valence-corrected chi connectivity index (χ3v) is 3.08. The molecule has 0 N–H and O–H groups in total. The lowest BCUT2D eigenvalue weighted by Crippen LogP contribution is -2.10. The quantitative estimate of drug-likeness (QED) is 0.482. The minimum absolute atomic E-state index is 0.0195. The number of benzene rings is 1. The Labute approximate surface area is 121 Å². The molecule has 0 saturated carbocycles. The summed E-state index contributed by atoms with van der Waals surface area (Å²) in [4.78, 5) is 10.7. The summed E-state index contributed by atoms with van der Waals surface area (Å²) >= 11 is 5.86. The predicted octanol–water partition coefficient (Wildman–Crippen LogP) is 3.25. The van der Waals surface area contributed by atoms with Gasteiger partial charge in [0.05, 0.1) is 16.4 Å². The monoisotopic (exact) mass is 294 g/mol. The van der Waals surface area contributed by atoms with E-state index in [2.05, 4.69) is 24.0 Å². The van der Waals surface area contributed by atoms with Crippen LogP contribution in [0, 0.1) is 16.0 Å². The van der Waals surface area contributed by atoms with Gasteiger partial charge in [0.25, 0.3) is 5.69 Å². The molecule has 0 bridgehead atoms. The van der Waals surface area contributed by atoms with Crippen LogP contribution in [0.4, 0.5) is 5.69 Å². The SMILES string of the molecule is CC(C)Cn1c(CCl)nnc1-c1ccccc1[N+](=O)[O-]. The molecule has 2 aromatic rings. The van der Waals surface area contributed by atoms with E-state index >= 15 is 0 Å². The van der Waals surface area contributed by atoms with Crippen molar-refractivity contribution in [3.63, 3.8) is 0 Å². The summed E-state index contributed by atoms with van der Waals surface area (Å²) in [5.41, 5.74) is 0.480. The summed E-state index contributed by atoms with van der Waals surface area (Å²) in [6, 6.07) is 6.52. The van der Waals surface area contributed by atoms with Crippen molar-refractivity contribution < 1.29 is 4.92 Å². The van der Waals surface area contributed by atoms with Gasteiger partial charge in [-0.1, -0.05) is 26.0 Å². The van der Waals surface area contributed by atoms with Crippen LogP contribution in [0.3, 0.4) is 0 Å². The number of rotatable bonds is 5. The van der Waals surface area contributed by atoms with Gasteiger partial charge in [-0.15, -0.1) is 21.8 Å². The molecule has 0 aliphatic rings. The molecular weight excluding hydrogens is 280 g/mol. The number of hydrogen-bond donors (Lipinski definition) is 0. The number of nitro groups is 1. The fourth-order valence-corrected chi connectivity index (χ4v) is 2.21. The number of nitro benzene ring substituents is 1. The molecule has 1 aromatic carbocycles. The Bertz CT molecular complexity index is 625. The van der Waals surface area contributed by atoms with Crippen LogP contribution >= 0.6 is 11.6 Å². The number of alkyl halides is 1. The zero-order valence-electron chi connectivity index (χ0n) is 11.3. The van der Waals surface area contributed by atoms with Crippen LogP contribution in [0.15, 0.2) is 24.3 Å². The first-order valence-corrected chi connectivity index (χ1v) is 6.80. The highest BCUT2D eigenvalue weighted by molar-refractivity contribution is 6.16. The summed E-state index contributed by atoms with van der Waals surface area (Å²) in [6.45, 7) is 4.78. The third kappa shape index (κ3) is 2.80. The van der Waals surface area contributed by atoms with Gasteiger partial charge in [-0.3, -0.25) is 10.1 Å². The molecule has 0 aliphatic heterocycles. The molecule has 0 amide bonds. The van der Waals surface area contributed by atoms with E-state index in [1.807, 2.05) is 4.57 Å². The van der Waals surface area contributed by atoms with Crippen LogP contribution in [0.2, 0.25) is 0 Å². The normalized spacial score (nSPS) is 11.0. The van der Waals surface area contributed by atoms with E-state index in [1.165, 1.54) is 6.07 Å². The average molecular weight is 295 g/mol. The van der Waals surface area contributed by atoms with Gasteiger partial charge in [0.1, 0.15) is 5.82 Å². The van der Waals surface area contributed by atoms with E-state index in [-0.39, 0.29) is 11.6 Å². The number of para-hydroxylation sites is 1. The molecule has 0 aliphatic carbocycles. The largest absolute Gasteiger partial charge is 0.310 e. The second kappa shape index (κ2) is 6.00. The molecular formula is C13H15ClN4O2. The minimum atomic E-state index is -0.413. The maximum absolute atomic E-state index is 11.1. The Morgan fingerprint density at radius 1 is 1.35 bits per heavy atom. The molecule has 1 aromatic heterocycles. The minimum Gasteiger partial charge on any atom is -0.310 e. The topological polar surface area (TPSA) is 73.8 Å². The average Bonchev–Trinajstić information content (AvgIpc) is 2.80. The molecule has 106 valence electrons. The zero-order chi connectivity index (χ0) is 14.7. The first kappa shape index (κ1) is 14.5. The van der Waals surface area contributed by atoms with E-state index in [0.29, 0.717) is 29.7 Å². The Balaban J connectivity index is 2.58. The van der Waals surface area contributed by atoms with Gasteiger partial charge in [-0.25, -0.2) is 0 Å². The van der Waals surface area contributed by atoms with Crippen molar-refractivity contribution >= 4 is 17.3 Å². The molecule has 7 heteroatoms. The molecule has 2 rings (SSSR count). The van der Waals surface area contributed by atoms with E-state index in [0.717, 1.165) is 0 Å². The van der Waals surface area contributed by atoms with Crippen LogP contribution in [0.5, 0.6) is 0 Å². The highest BCUT2D eigenvalue weighted by Crippen LogP contribution is 2.29. The third-order valence-electron chi connectivity index (χ3n) is 2.84. The molecule has 0 atom stereocenters. The van der Waals surface area contributed by atoms with Crippen molar-refractivity contribution in [1.29, 1.82) is 0 Å². The van der Waals surface area contributed by atoms with Crippen LogP contribution in [0.25, 0.3) is 11.4 Å². The molecule has 0 fully saturated rings. The lowest BCUT2D eigenvalue weighted by Gasteiger charge is -2.11. The van der Waals surface area contributed by atoms with Gasteiger partial charge >= 0.3 is 0 Å². The molecule has 20 heavy (non-hydrogen) atoms. The molecule has 6 nitrogen and oxygen atoms in total. The van der Waals surface area contributed by atoms with Crippen molar-refractivity contribution in [3.8, 4) is 11.4 Å². The second-order valence-electron chi connectivity index (χ2n) is 4.85. The standard InChI is InChI=1S/C13H15ClN4O2/c1-9(2)8-17-12(7-14)15-16-13(17)10-5-3-4-6-11(10)18(19)20/h3-6,9H,7-8H2,1-2H3. The maximum atomic E-state index is 11.1. The maximum Gasteiger partial charge on any atom is 0.280 e. The smallest absolute Gasteiger partial charge is 0.280 e. The number of aromatic nitrogens is 3. The first-order chi connectivity index (χ1) is 9.54. The van der Waals surface area contributed by atoms with Gasteiger partial charge in [-0.2, -0.15) is 0 Å². The van der Waals surface area contributed by atoms with E-state index in [4.69, 9.17) is 11.6 Å². The van der Waals surface area contributed by atoms with Crippen LogP contribution in [0.1, 0.15) is 19.7 Å². The van der Waals surface area contributed by atoms with Crippen LogP contribution in [-0.4, -0.2) is 19.7 Å². The second-order valence-corrected chi connectivity index (χ2v) is 5.12. The Morgan fingerprint density at radius 3 is 2.65 bits per heavy atom. The molecule has 0 unspecified atom stereocenters. The first-order valence-electron chi connectivity index (χ1n) is 6.26. The van der Waals surface area contributed by atoms with Crippen molar-refractivity contribution in [3.05, 3.63) is 40.2 Å². The molecule has 1 heterocycles. The van der Waals surface area contributed by atoms with E-state index in [9.17, 15) is 10.1 Å². The van der Waals surface area contributed by atoms with E-state index < -0.39 is 4.92 Å². The highest BCUT2D eigenvalue weighted by Gasteiger charge is 2.21. The van der Waals surface area contributed by atoms with Gasteiger partial charge in [-0.05, 0) is 12.0 Å². The van der Waals surface area contributed by atoms with Crippen LogP contribution < -0.4 is 0 Å². The highest BCUT2D eigenvalue weighted by atomic mass is 35.5. The van der Waals surface area contributed by atoms with Gasteiger partial charge in [0.2, 0.25) is 0 Å². The predicted molar refractivity (Wildman–Crippen MR) is 76.5 cm³/mol. The number of nitrogens with zero attached hydrogens (tertiary/aromatic N) is 4. The van der Waals surface area contributed by atoms with Gasteiger partial charge in [0.15, 0.2) is 5.82 Å². The summed E-state index contributed by atoms with van der Waals surface area (Å²) < 4.78 is 1.85. The molecule has 0 saturated heterocycles. The summed E-state index contributed by atoms with van der Waals surface area (Å²) in [5, 5.41) is 19.2. The summed E-state index contributed by atoms with van der Waals surface area (Å²) in [7, 11) is 0. The number of halogens is 1. The summed E-state index contributed by atoms with van der Waals surface area (Å²) in [5.74, 6) is 1.69. The Kier molecular flexibility index (Phi) is 4.34. The van der Waals surface area contributed by atoms with Crippen molar-refractivity contribution in [1.82, 2.24) is 14.8 Å². The lowest BCUT2D eigenvalue weighted by atomic mass is 10.1. The Hall–Kier alpha value is -1.95. The van der Waals surface area contributed by atoms with Crippen molar-refractivity contribution in [2.75, 3.05) is 0 Å². The van der Waals surface area contributed by atoms with Crippen LogP contribution in [-0.2, 0) is 12.4 Å². The molecule has 0 radical (unpaired) electrons. The lowest BCUT2D eigenvalue weighted by molar-refractivity contribution is -0.384. The fourth-order valence-electron chi connectivity index (χ4n) is 2.01. The van der Waals surface area contributed by atoms with Gasteiger partial charge in [0, 0.05) is 12.6 Å². The zero-order valence-corrected chi connectivity index (χ0v) is 12.0. The van der Waals surface area contributed by atoms with Gasteiger partial charge < -0.3 is 4.57 Å². The molecule has 0 spiro atoms. The fraction of sp³-hybridized carbons (Fsp3) is 0.385. The number of hydrogen-bond acceptors (Lipinski definition) is 4.